The van der Waals surface area contributed by atoms with Crippen molar-refractivity contribution in [3.8, 4) is 0 Å². The van der Waals surface area contributed by atoms with E-state index in [4.69, 9.17) is 0 Å². The Bertz CT molecular complexity index is 318. The number of carboxylic acids is 2. The largest absolute Gasteiger partial charge is 2.00 e. The summed E-state index contributed by atoms with van der Waals surface area (Å²) in [6, 6.07) is 0. The Kier molecular flexibility index (Phi) is 26.9. The summed E-state index contributed by atoms with van der Waals surface area (Å²) in [5.74, 6) is -2.09. The molecule has 0 saturated carbocycles. The molecule has 0 bridgehead atoms. The minimum atomic E-state index is -1.19. The molecule has 0 saturated heterocycles. The van der Waals surface area contributed by atoms with Gasteiger partial charge in [-0.15, -0.1) is 0 Å². The third-order valence-electron chi connectivity index (χ3n) is 3.83. The van der Waals surface area contributed by atoms with E-state index in [0.717, 1.165) is 12.8 Å². The molecule has 25 heavy (non-hydrogen) atoms. The molecule has 4 nitrogen and oxygen atoms in total. The number of aliphatic carboxylic acids is 2. The Hall–Kier alpha value is -0.801. The fourth-order valence-corrected chi connectivity index (χ4v) is 2.29. The van der Waals surface area contributed by atoms with Crippen molar-refractivity contribution in [1.29, 1.82) is 0 Å². The van der Waals surface area contributed by atoms with E-state index in [1.807, 2.05) is 0 Å². The van der Waals surface area contributed by atoms with E-state index in [2.05, 4.69) is 13.5 Å². The maximum Gasteiger partial charge on any atom is 2.00 e. The first-order valence-electron chi connectivity index (χ1n) is 9.48. The van der Waals surface area contributed by atoms with Gasteiger partial charge in [0.05, 0.1) is 5.97 Å². The molecule has 0 aliphatic heterocycles. The van der Waals surface area contributed by atoms with Crippen LogP contribution < -0.4 is 10.2 Å². The Balaban J connectivity index is -0.000000592. The molecular weight excluding hydrogens is 368 g/mol. The average molecular weight is 404 g/mol. The first-order valence-corrected chi connectivity index (χ1v) is 9.48. The van der Waals surface area contributed by atoms with Gasteiger partial charge in [-0.3, -0.25) is 0 Å². The van der Waals surface area contributed by atoms with Crippen molar-refractivity contribution in [2.75, 3.05) is 0 Å². The first kappa shape index (κ1) is 29.0. The van der Waals surface area contributed by atoms with E-state index in [-0.39, 0.29) is 29.1 Å². The summed E-state index contributed by atoms with van der Waals surface area (Å²) in [5.41, 5.74) is 0.0648. The molecule has 0 atom stereocenters. The zero-order valence-electron chi connectivity index (χ0n) is 16.0. The maximum atomic E-state index is 10.2. The van der Waals surface area contributed by atoms with Gasteiger partial charge in [-0.1, -0.05) is 90.6 Å². The van der Waals surface area contributed by atoms with E-state index < -0.39 is 11.9 Å². The van der Waals surface area contributed by atoms with Gasteiger partial charge in [0.25, 0.3) is 0 Å². The first-order chi connectivity index (χ1) is 11.4. The molecule has 0 aliphatic rings. The van der Waals surface area contributed by atoms with Crippen LogP contribution in [-0.2, 0) is 26.7 Å². The quantitative estimate of drug-likeness (QED) is 0.238. The average Bonchev–Trinajstić information content (AvgIpc) is 2.52. The predicted octanol–water partition coefficient (Wildman–Crippen LogP) is 3.53. The van der Waals surface area contributed by atoms with Crippen molar-refractivity contribution >= 4 is 11.9 Å². The minimum Gasteiger partial charge on any atom is -0.550 e. The molecule has 0 aromatic heterocycles. The van der Waals surface area contributed by atoms with Crippen LogP contribution >= 0.6 is 0 Å². The summed E-state index contributed by atoms with van der Waals surface area (Å²) < 4.78 is 0. The Morgan fingerprint density at radius 3 is 1.24 bits per heavy atom. The van der Waals surface area contributed by atoms with Crippen LogP contribution in [0.25, 0.3) is 0 Å². The van der Waals surface area contributed by atoms with Gasteiger partial charge in [-0.05, 0) is 25.3 Å². The molecule has 0 aromatic carbocycles. The van der Waals surface area contributed by atoms with Gasteiger partial charge in [0.2, 0.25) is 0 Å². The number of carbonyl (C=O) groups excluding carboxylic acids is 2. The zero-order chi connectivity index (χ0) is 18.6. The molecule has 0 spiro atoms. The minimum absolute atomic E-state index is 0. The third-order valence-corrected chi connectivity index (χ3v) is 3.83. The van der Waals surface area contributed by atoms with E-state index in [1.165, 1.54) is 77.6 Å². The summed E-state index contributed by atoms with van der Waals surface area (Å²) in [6.07, 6.45) is 16.9. The van der Waals surface area contributed by atoms with Gasteiger partial charge in [-0.2, -0.15) is 0 Å². The molecule has 0 aliphatic carbocycles. The number of carbonyl (C=O) groups is 2. The third kappa shape index (κ3) is 31.5. The molecule has 0 amide bonds. The van der Waals surface area contributed by atoms with E-state index in [0.29, 0.717) is 0 Å². The van der Waals surface area contributed by atoms with Crippen LogP contribution in [0.4, 0.5) is 0 Å². The fourth-order valence-electron chi connectivity index (χ4n) is 2.29. The summed E-state index contributed by atoms with van der Waals surface area (Å²) >= 11 is 0. The monoisotopic (exact) mass is 403 g/mol. The molecule has 0 aromatic rings. The second-order valence-electron chi connectivity index (χ2n) is 6.43. The second kappa shape index (κ2) is 23.2. The molecule has 151 valence electrons. The van der Waals surface area contributed by atoms with Crippen molar-refractivity contribution in [3.63, 3.8) is 0 Å². The van der Waals surface area contributed by atoms with Gasteiger partial charge in [0.15, 0.2) is 0 Å². The van der Waals surface area contributed by atoms with E-state index in [1.54, 1.807) is 0 Å². The summed E-state index contributed by atoms with van der Waals surface area (Å²) in [7, 11) is 0. The van der Waals surface area contributed by atoms with Gasteiger partial charge >= 0.3 is 17.1 Å². The van der Waals surface area contributed by atoms with Gasteiger partial charge in [0.1, 0.15) is 0 Å². The Morgan fingerprint density at radius 2 is 1.00 bits per heavy atom. The van der Waals surface area contributed by atoms with Gasteiger partial charge in [0, 0.05) is 5.97 Å². The van der Waals surface area contributed by atoms with Gasteiger partial charge in [-0.25, -0.2) is 0 Å². The summed E-state index contributed by atoms with van der Waals surface area (Å²) in [4.78, 5) is 19.7. The van der Waals surface area contributed by atoms with Crippen molar-refractivity contribution in [1.82, 2.24) is 0 Å². The fraction of sp³-hybridized carbons (Fsp3) is 0.800. The molecule has 1 radical (unpaired) electrons. The smallest absolute Gasteiger partial charge is 0.550 e. The van der Waals surface area contributed by atoms with Crippen LogP contribution in [0.2, 0.25) is 0 Å². The van der Waals surface area contributed by atoms with Crippen LogP contribution in [0.3, 0.4) is 0 Å². The Morgan fingerprint density at radius 1 is 0.720 bits per heavy atom. The SMILES string of the molecule is C=C(C)C(=O)[O-].CCCCCCCCCCCCCCCC(=O)[O-].[Cu+2]. The number of rotatable bonds is 15. The predicted molar refractivity (Wildman–Crippen MR) is 95.1 cm³/mol. The van der Waals surface area contributed by atoms with Crippen LogP contribution in [-0.4, -0.2) is 11.9 Å². The normalized spacial score (nSPS) is 9.52. The standard InChI is InChI=1S/C16H32O2.C4H6O2.Cu/c1-2-3-4-5-6-7-8-9-10-11-12-13-14-15-16(17)18;1-3(2)4(5)6;/h2-15H2,1H3,(H,17,18);1H2,2H3,(H,5,6);/q;;+2/p-2. The molecule has 0 heterocycles. The van der Waals surface area contributed by atoms with Crippen molar-refractivity contribution in [2.45, 2.75) is 104 Å². The van der Waals surface area contributed by atoms with Crippen LogP contribution in [0.15, 0.2) is 12.2 Å². The van der Waals surface area contributed by atoms with Crippen molar-refractivity contribution in [2.24, 2.45) is 0 Å². The maximum absolute atomic E-state index is 10.2. The van der Waals surface area contributed by atoms with E-state index >= 15 is 0 Å². The van der Waals surface area contributed by atoms with Crippen LogP contribution in [0.5, 0.6) is 0 Å². The second-order valence-corrected chi connectivity index (χ2v) is 6.43. The molecule has 0 N–H and O–H groups in total. The van der Waals surface area contributed by atoms with Crippen molar-refractivity contribution in [3.05, 3.63) is 12.2 Å². The van der Waals surface area contributed by atoms with Gasteiger partial charge < -0.3 is 19.8 Å². The molecule has 5 heteroatoms. The number of carboxylic acid groups (broad SMARTS) is 2. The number of unbranched alkanes of at least 4 members (excludes halogenated alkanes) is 12. The van der Waals surface area contributed by atoms with Crippen LogP contribution in [0, 0.1) is 0 Å². The zero-order valence-corrected chi connectivity index (χ0v) is 17.0. The summed E-state index contributed by atoms with van der Waals surface area (Å²) in [6.45, 7) is 6.73. The summed E-state index contributed by atoms with van der Waals surface area (Å²) in [5, 5.41) is 19.7. The number of hydrogen-bond donors (Lipinski definition) is 0. The number of hydrogen-bond acceptors (Lipinski definition) is 4. The topological polar surface area (TPSA) is 80.3 Å². The molecule has 0 unspecified atom stereocenters. The molecule has 0 fully saturated rings. The van der Waals surface area contributed by atoms with Crippen LogP contribution in [0.1, 0.15) is 104 Å². The van der Waals surface area contributed by atoms with Crippen molar-refractivity contribution < 1.29 is 36.9 Å². The van der Waals surface area contributed by atoms with E-state index in [9.17, 15) is 19.8 Å². The molecule has 0 rings (SSSR count). The molecular formula is C20H36CuO4. The Labute approximate surface area is 164 Å².